The predicted octanol–water partition coefficient (Wildman–Crippen LogP) is 1.56. The fraction of sp³-hybridized carbons (Fsp3) is 0.375. The van der Waals surface area contributed by atoms with Crippen LogP contribution >= 0.6 is 0 Å². The van der Waals surface area contributed by atoms with Gasteiger partial charge in [-0.05, 0) is 25.0 Å². The molecule has 2 aromatic heterocycles. The standard InChI is InChI=1S/C16H18N4O3/c1-22-16-18-8-6-14(19-16)23-13-5-3-9-20(11-13)15(21)12-4-2-7-17-10-12/h2,4,6-8,10,13H,3,5,9,11H2,1H3. The van der Waals surface area contributed by atoms with Crippen molar-refractivity contribution in [1.82, 2.24) is 19.9 Å². The fourth-order valence-electron chi connectivity index (χ4n) is 2.55. The summed E-state index contributed by atoms with van der Waals surface area (Å²) in [6.45, 7) is 1.25. The lowest BCUT2D eigenvalue weighted by atomic mass is 10.1. The lowest BCUT2D eigenvalue weighted by Gasteiger charge is -2.32. The number of nitrogens with zero attached hydrogens (tertiary/aromatic N) is 4. The lowest BCUT2D eigenvalue weighted by molar-refractivity contribution is 0.0525. The van der Waals surface area contributed by atoms with Crippen LogP contribution in [0, 0.1) is 0 Å². The van der Waals surface area contributed by atoms with Gasteiger partial charge in [-0.1, -0.05) is 0 Å². The summed E-state index contributed by atoms with van der Waals surface area (Å²) in [4.78, 5) is 26.4. The van der Waals surface area contributed by atoms with Crippen LogP contribution in [-0.2, 0) is 0 Å². The first-order valence-corrected chi connectivity index (χ1v) is 7.49. The van der Waals surface area contributed by atoms with Gasteiger partial charge in [-0.15, -0.1) is 0 Å². The van der Waals surface area contributed by atoms with Crippen molar-refractivity contribution >= 4 is 5.91 Å². The monoisotopic (exact) mass is 314 g/mol. The molecule has 1 atom stereocenters. The third-order valence-corrected chi connectivity index (χ3v) is 3.65. The minimum absolute atomic E-state index is 0.0216. The molecule has 1 aliphatic rings. The van der Waals surface area contributed by atoms with Crippen molar-refractivity contribution in [2.45, 2.75) is 18.9 Å². The molecule has 0 N–H and O–H groups in total. The molecule has 0 bridgehead atoms. The Morgan fingerprint density at radius 2 is 2.26 bits per heavy atom. The SMILES string of the molecule is COc1nccc(OC2CCCN(C(=O)c3cccnc3)C2)n1. The van der Waals surface area contributed by atoms with Crippen LogP contribution in [0.15, 0.2) is 36.8 Å². The topological polar surface area (TPSA) is 77.4 Å². The van der Waals surface area contributed by atoms with Gasteiger partial charge in [0.05, 0.1) is 19.2 Å². The molecule has 0 spiro atoms. The van der Waals surface area contributed by atoms with Gasteiger partial charge in [-0.25, -0.2) is 4.98 Å². The molecule has 1 fully saturated rings. The minimum Gasteiger partial charge on any atom is -0.472 e. The molecule has 1 aliphatic heterocycles. The molecule has 2 aromatic rings. The van der Waals surface area contributed by atoms with E-state index in [1.54, 1.807) is 41.7 Å². The molecule has 3 heterocycles. The van der Waals surface area contributed by atoms with E-state index in [4.69, 9.17) is 9.47 Å². The summed E-state index contributed by atoms with van der Waals surface area (Å²) in [5, 5.41) is 0. The third-order valence-electron chi connectivity index (χ3n) is 3.65. The number of aromatic nitrogens is 3. The number of hydrogen-bond acceptors (Lipinski definition) is 6. The normalized spacial score (nSPS) is 17.6. The summed E-state index contributed by atoms with van der Waals surface area (Å²) >= 11 is 0. The summed E-state index contributed by atoms with van der Waals surface area (Å²) in [6.07, 6.45) is 6.50. The Labute approximate surface area is 134 Å². The van der Waals surface area contributed by atoms with E-state index in [-0.39, 0.29) is 18.0 Å². The highest BCUT2D eigenvalue weighted by molar-refractivity contribution is 5.93. The Kier molecular flexibility index (Phi) is 4.65. The van der Waals surface area contributed by atoms with Crippen LogP contribution in [0.1, 0.15) is 23.2 Å². The van der Waals surface area contributed by atoms with E-state index in [0.717, 1.165) is 19.4 Å². The van der Waals surface area contributed by atoms with Crippen molar-refractivity contribution < 1.29 is 14.3 Å². The third kappa shape index (κ3) is 3.74. The zero-order chi connectivity index (χ0) is 16.1. The van der Waals surface area contributed by atoms with Crippen LogP contribution in [0.25, 0.3) is 0 Å². The molecule has 0 radical (unpaired) electrons. The predicted molar refractivity (Wildman–Crippen MR) is 82.4 cm³/mol. The number of rotatable bonds is 4. The first-order chi connectivity index (χ1) is 11.3. The van der Waals surface area contributed by atoms with E-state index in [9.17, 15) is 4.79 Å². The first-order valence-electron chi connectivity index (χ1n) is 7.49. The smallest absolute Gasteiger partial charge is 0.319 e. The van der Waals surface area contributed by atoms with Crippen molar-refractivity contribution in [2.24, 2.45) is 0 Å². The second-order valence-electron chi connectivity index (χ2n) is 5.26. The van der Waals surface area contributed by atoms with E-state index in [0.29, 0.717) is 18.0 Å². The molecule has 0 aliphatic carbocycles. The lowest BCUT2D eigenvalue weighted by Crippen LogP contribution is -2.44. The van der Waals surface area contributed by atoms with Gasteiger partial charge >= 0.3 is 6.01 Å². The van der Waals surface area contributed by atoms with Gasteiger partial charge in [0, 0.05) is 31.2 Å². The number of likely N-dealkylation sites (tertiary alicyclic amines) is 1. The zero-order valence-electron chi connectivity index (χ0n) is 12.9. The number of methoxy groups -OCH3 is 1. The number of amides is 1. The van der Waals surface area contributed by atoms with Gasteiger partial charge < -0.3 is 14.4 Å². The number of ether oxygens (including phenoxy) is 2. The highest BCUT2D eigenvalue weighted by Gasteiger charge is 2.26. The van der Waals surface area contributed by atoms with E-state index in [2.05, 4.69) is 15.0 Å². The number of piperidine rings is 1. The molecule has 7 nitrogen and oxygen atoms in total. The number of pyridine rings is 1. The molecule has 1 saturated heterocycles. The fourth-order valence-corrected chi connectivity index (χ4v) is 2.55. The Morgan fingerprint density at radius 3 is 3.04 bits per heavy atom. The Hall–Kier alpha value is -2.70. The van der Waals surface area contributed by atoms with E-state index in [1.807, 2.05) is 0 Å². The van der Waals surface area contributed by atoms with Crippen LogP contribution in [0.3, 0.4) is 0 Å². The van der Waals surface area contributed by atoms with Gasteiger partial charge in [-0.2, -0.15) is 4.98 Å². The van der Waals surface area contributed by atoms with E-state index < -0.39 is 0 Å². The zero-order valence-corrected chi connectivity index (χ0v) is 12.9. The molecule has 120 valence electrons. The highest BCUT2D eigenvalue weighted by Crippen LogP contribution is 2.19. The maximum Gasteiger partial charge on any atom is 0.319 e. The molecule has 23 heavy (non-hydrogen) atoms. The van der Waals surface area contributed by atoms with Gasteiger partial charge in [0.2, 0.25) is 5.88 Å². The molecule has 3 rings (SSSR count). The van der Waals surface area contributed by atoms with Crippen LogP contribution in [-0.4, -0.2) is 52.1 Å². The van der Waals surface area contributed by atoms with Gasteiger partial charge in [0.1, 0.15) is 6.10 Å². The molecule has 0 saturated carbocycles. The van der Waals surface area contributed by atoms with Crippen LogP contribution in [0.5, 0.6) is 11.9 Å². The van der Waals surface area contributed by atoms with Crippen molar-refractivity contribution in [3.63, 3.8) is 0 Å². The van der Waals surface area contributed by atoms with Crippen LogP contribution in [0.4, 0.5) is 0 Å². The van der Waals surface area contributed by atoms with Crippen molar-refractivity contribution in [1.29, 1.82) is 0 Å². The molecule has 1 amide bonds. The van der Waals surface area contributed by atoms with Gasteiger partial charge in [0.25, 0.3) is 5.91 Å². The molecule has 7 heteroatoms. The van der Waals surface area contributed by atoms with E-state index in [1.165, 1.54) is 7.11 Å². The number of carbonyl (C=O) groups is 1. The minimum atomic E-state index is -0.0935. The first kappa shape index (κ1) is 15.2. The summed E-state index contributed by atoms with van der Waals surface area (Å²) < 4.78 is 10.9. The largest absolute Gasteiger partial charge is 0.472 e. The van der Waals surface area contributed by atoms with E-state index >= 15 is 0 Å². The maximum absolute atomic E-state index is 12.5. The Morgan fingerprint density at radius 1 is 1.35 bits per heavy atom. The quantitative estimate of drug-likeness (QED) is 0.852. The Bertz CT molecular complexity index is 665. The second-order valence-corrected chi connectivity index (χ2v) is 5.26. The van der Waals surface area contributed by atoms with Crippen molar-refractivity contribution in [3.05, 3.63) is 42.4 Å². The summed E-state index contributed by atoms with van der Waals surface area (Å²) in [6, 6.07) is 5.49. The van der Waals surface area contributed by atoms with Crippen LogP contribution in [0.2, 0.25) is 0 Å². The van der Waals surface area contributed by atoms with Gasteiger partial charge in [0.15, 0.2) is 0 Å². The molecule has 1 unspecified atom stereocenters. The Balaban J connectivity index is 1.65. The van der Waals surface area contributed by atoms with Crippen LogP contribution < -0.4 is 9.47 Å². The average Bonchev–Trinajstić information content (AvgIpc) is 2.62. The summed E-state index contributed by atoms with van der Waals surface area (Å²) in [7, 11) is 1.51. The molecule has 0 aromatic carbocycles. The van der Waals surface area contributed by atoms with Crippen molar-refractivity contribution in [2.75, 3.05) is 20.2 Å². The summed E-state index contributed by atoms with van der Waals surface area (Å²) in [5.41, 5.74) is 0.594. The highest BCUT2D eigenvalue weighted by atomic mass is 16.5. The molecular formula is C16H18N4O3. The molecular weight excluding hydrogens is 296 g/mol. The average molecular weight is 314 g/mol. The maximum atomic E-state index is 12.5. The number of hydrogen-bond donors (Lipinski definition) is 0. The summed E-state index contributed by atoms with van der Waals surface area (Å²) in [5.74, 6) is 0.434. The second kappa shape index (κ2) is 7.04. The van der Waals surface area contributed by atoms with Gasteiger partial charge in [-0.3, -0.25) is 9.78 Å². The van der Waals surface area contributed by atoms with Crippen molar-refractivity contribution in [3.8, 4) is 11.9 Å². The number of carbonyl (C=O) groups excluding carboxylic acids is 1.